The predicted molar refractivity (Wildman–Crippen MR) is 106 cm³/mol. The van der Waals surface area contributed by atoms with Crippen LogP contribution in [-0.4, -0.2) is 24.0 Å². The molecule has 1 aromatic heterocycles. The second kappa shape index (κ2) is 7.47. The van der Waals surface area contributed by atoms with Crippen LogP contribution in [0.25, 0.3) is 11.0 Å². The van der Waals surface area contributed by atoms with Crippen molar-refractivity contribution in [1.29, 1.82) is 0 Å². The first-order valence-corrected chi connectivity index (χ1v) is 9.53. The van der Waals surface area contributed by atoms with Crippen LogP contribution in [0.15, 0.2) is 59.2 Å². The molecular formula is C23H25NO3. The average Bonchev–Trinajstić information content (AvgIpc) is 3.48. The largest absolute Gasteiger partial charge is 0.497 e. The average molecular weight is 363 g/mol. The lowest BCUT2D eigenvalue weighted by Crippen LogP contribution is -2.40. The molecule has 4 nitrogen and oxygen atoms in total. The molecule has 4 heteroatoms. The second-order valence-corrected chi connectivity index (χ2v) is 7.39. The molecule has 1 amide bonds. The fourth-order valence-electron chi connectivity index (χ4n) is 3.66. The fraction of sp³-hybridized carbons (Fsp3) is 0.348. The van der Waals surface area contributed by atoms with Crippen LogP contribution >= 0.6 is 0 Å². The SMILES string of the molecule is COc1ccc2c(CC(=O)N(Cc3ccccc3)C(C)C3CC3)coc2c1. The highest BCUT2D eigenvalue weighted by molar-refractivity contribution is 5.88. The lowest BCUT2D eigenvalue weighted by atomic mass is 10.1. The molecule has 3 aromatic rings. The lowest BCUT2D eigenvalue weighted by Gasteiger charge is -2.29. The van der Waals surface area contributed by atoms with Gasteiger partial charge in [-0.1, -0.05) is 30.3 Å². The Balaban J connectivity index is 1.56. The Kier molecular flexibility index (Phi) is 4.88. The smallest absolute Gasteiger partial charge is 0.227 e. The molecule has 1 atom stereocenters. The topological polar surface area (TPSA) is 42.7 Å². The summed E-state index contributed by atoms with van der Waals surface area (Å²) >= 11 is 0. The molecule has 4 rings (SSSR count). The van der Waals surface area contributed by atoms with Gasteiger partial charge in [0.05, 0.1) is 19.8 Å². The van der Waals surface area contributed by atoms with E-state index in [-0.39, 0.29) is 11.9 Å². The van der Waals surface area contributed by atoms with Gasteiger partial charge in [0, 0.05) is 29.6 Å². The van der Waals surface area contributed by atoms with Gasteiger partial charge in [0.1, 0.15) is 11.3 Å². The summed E-state index contributed by atoms with van der Waals surface area (Å²) in [5.74, 6) is 1.53. The van der Waals surface area contributed by atoms with Crippen LogP contribution < -0.4 is 4.74 Å². The van der Waals surface area contributed by atoms with Crippen LogP contribution in [0.1, 0.15) is 30.9 Å². The molecule has 1 aliphatic rings. The minimum Gasteiger partial charge on any atom is -0.497 e. The third-order valence-electron chi connectivity index (χ3n) is 5.52. The van der Waals surface area contributed by atoms with Gasteiger partial charge in [0.2, 0.25) is 5.91 Å². The molecule has 0 bridgehead atoms. The molecule has 0 saturated heterocycles. The minimum absolute atomic E-state index is 0.150. The molecule has 0 aliphatic heterocycles. The number of ether oxygens (including phenoxy) is 1. The molecular weight excluding hydrogens is 338 g/mol. The summed E-state index contributed by atoms with van der Waals surface area (Å²) in [6, 6.07) is 16.2. The van der Waals surface area contributed by atoms with E-state index in [4.69, 9.17) is 9.15 Å². The Hall–Kier alpha value is -2.75. The van der Waals surface area contributed by atoms with Crippen molar-refractivity contribution in [1.82, 2.24) is 4.90 Å². The van der Waals surface area contributed by atoms with Crippen molar-refractivity contribution >= 4 is 16.9 Å². The van der Waals surface area contributed by atoms with E-state index in [9.17, 15) is 4.79 Å². The number of carbonyl (C=O) groups is 1. The quantitative estimate of drug-likeness (QED) is 0.605. The zero-order chi connectivity index (χ0) is 18.8. The number of rotatable bonds is 7. The van der Waals surface area contributed by atoms with Gasteiger partial charge in [0.15, 0.2) is 0 Å². The first-order valence-electron chi connectivity index (χ1n) is 9.53. The number of furan rings is 1. The molecule has 2 aromatic carbocycles. The summed E-state index contributed by atoms with van der Waals surface area (Å²) in [5.41, 5.74) is 2.85. The number of fused-ring (bicyclic) bond motifs is 1. The first-order chi connectivity index (χ1) is 13.2. The maximum atomic E-state index is 13.2. The molecule has 27 heavy (non-hydrogen) atoms. The van der Waals surface area contributed by atoms with Crippen LogP contribution in [0.5, 0.6) is 5.75 Å². The van der Waals surface area contributed by atoms with Gasteiger partial charge < -0.3 is 14.1 Å². The Labute approximate surface area is 159 Å². The van der Waals surface area contributed by atoms with Crippen LogP contribution in [0.2, 0.25) is 0 Å². The van der Waals surface area contributed by atoms with Crippen molar-refractivity contribution in [3.05, 3.63) is 65.9 Å². The highest BCUT2D eigenvalue weighted by atomic mass is 16.5. The summed E-state index contributed by atoms with van der Waals surface area (Å²) < 4.78 is 10.9. The fourth-order valence-corrected chi connectivity index (χ4v) is 3.66. The van der Waals surface area contributed by atoms with Crippen molar-refractivity contribution in [3.8, 4) is 5.75 Å². The number of hydrogen-bond acceptors (Lipinski definition) is 3. The normalized spacial score (nSPS) is 14.9. The zero-order valence-electron chi connectivity index (χ0n) is 15.9. The molecule has 140 valence electrons. The summed E-state index contributed by atoms with van der Waals surface area (Å²) in [4.78, 5) is 15.3. The van der Waals surface area contributed by atoms with Gasteiger partial charge in [-0.25, -0.2) is 0 Å². The maximum Gasteiger partial charge on any atom is 0.227 e. The van der Waals surface area contributed by atoms with E-state index in [0.717, 1.165) is 22.3 Å². The maximum absolute atomic E-state index is 13.2. The summed E-state index contributed by atoms with van der Waals surface area (Å²) in [6.45, 7) is 2.83. The second-order valence-electron chi connectivity index (χ2n) is 7.39. The summed E-state index contributed by atoms with van der Waals surface area (Å²) in [6.07, 6.45) is 4.48. The highest BCUT2D eigenvalue weighted by Crippen LogP contribution is 2.36. The Morgan fingerprint density at radius 3 is 2.70 bits per heavy atom. The third-order valence-corrected chi connectivity index (χ3v) is 5.52. The number of amides is 1. The Bertz CT molecular complexity index is 927. The van der Waals surface area contributed by atoms with E-state index in [0.29, 0.717) is 18.9 Å². The van der Waals surface area contributed by atoms with Gasteiger partial charge in [-0.05, 0) is 43.4 Å². The van der Waals surface area contributed by atoms with Gasteiger partial charge >= 0.3 is 0 Å². The number of carbonyl (C=O) groups excluding carboxylic acids is 1. The van der Waals surface area contributed by atoms with Gasteiger partial charge in [-0.3, -0.25) is 4.79 Å². The highest BCUT2D eigenvalue weighted by Gasteiger charge is 2.34. The van der Waals surface area contributed by atoms with E-state index < -0.39 is 0 Å². The molecule has 0 spiro atoms. The molecule has 0 radical (unpaired) electrons. The van der Waals surface area contributed by atoms with E-state index in [1.54, 1.807) is 13.4 Å². The lowest BCUT2D eigenvalue weighted by molar-refractivity contribution is -0.133. The van der Waals surface area contributed by atoms with Gasteiger partial charge in [-0.2, -0.15) is 0 Å². The third kappa shape index (κ3) is 3.85. The van der Waals surface area contributed by atoms with Crippen LogP contribution in [-0.2, 0) is 17.8 Å². The minimum atomic E-state index is 0.150. The van der Waals surface area contributed by atoms with E-state index >= 15 is 0 Å². The number of hydrogen-bond donors (Lipinski definition) is 0. The van der Waals surface area contributed by atoms with Crippen LogP contribution in [0.3, 0.4) is 0 Å². The van der Waals surface area contributed by atoms with Crippen LogP contribution in [0.4, 0.5) is 0 Å². The van der Waals surface area contributed by atoms with Crippen molar-refractivity contribution in [2.45, 2.75) is 38.8 Å². The standard InChI is InChI=1S/C23H25NO3/c1-16(18-8-9-18)24(14-17-6-4-3-5-7-17)23(25)12-19-15-27-22-13-20(26-2)10-11-21(19)22/h3-7,10-11,13,15-16,18H,8-9,12,14H2,1-2H3. The Morgan fingerprint density at radius 2 is 2.00 bits per heavy atom. The monoisotopic (exact) mass is 363 g/mol. The first kappa shape index (κ1) is 17.7. The van der Waals surface area contributed by atoms with Crippen molar-refractivity contribution in [3.63, 3.8) is 0 Å². The van der Waals surface area contributed by atoms with Crippen molar-refractivity contribution in [2.24, 2.45) is 5.92 Å². The summed E-state index contributed by atoms with van der Waals surface area (Å²) in [7, 11) is 1.63. The Morgan fingerprint density at radius 1 is 1.22 bits per heavy atom. The molecule has 1 aliphatic carbocycles. The van der Waals surface area contributed by atoms with Crippen molar-refractivity contribution in [2.75, 3.05) is 7.11 Å². The van der Waals surface area contributed by atoms with Crippen LogP contribution in [0, 0.1) is 5.92 Å². The van der Waals surface area contributed by atoms with Gasteiger partial charge in [0.25, 0.3) is 0 Å². The van der Waals surface area contributed by atoms with Crippen molar-refractivity contribution < 1.29 is 13.9 Å². The summed E-state index contributed by atoms with van der Waals surface area (Å²) in [5, 5.41) is 0.975. The molecule has 1 heterocycles. The van der Waals surface area contributed by atoms with E-state index in [1.807, 2.05) is 41.3 Å². The molecule has 1 unspecified atom stereocenters. The zero-order valence-corrected chi connectivity index (χ0v) is 15.9. The van der Waals surface area contributed by atoms with E-state index in [1.165, 1.54) is 18.4 Å². The predicted octanol–water partition coefficient (Wildman–Crippen LogP) is 4.81. The number of methoxy groups -OCH3 is 1. The number of benzene rings is 2. The number of nitrogens with zero attached hydrogens (tertiary/aromatic N) is 1. The van der Waals surface area contributed by atoms with Gasteiger partial charge in [-0.15, -0.1) is 0 Å². The molecule has 0 N–H and O–H groups in total. The molecule has 1 fully saturated rings. The molecule has 1 saturated carbocycles. The van der Waals surface area contributed by atoms with E-state index in [2.05, 4.69) is 19.1 Å².